The molecule has 4 aromatic rings. The van der Waals surface area contributed by atoms with Crippen molar-refractivity contribution in [2.45, 2.75) is 33.7 Å². The van der Waals surface area contributed by atoms with Gasteiger partial charge in [0, 0.05) is 53.8 Å². The van der Waals surface area contributed by atoms with E-state index in [1.165, 1.54) is 16.5 Å². The summed E-state index contributed by atoms with van der Waals surface area (Å²) in [5.74, 6) is -0.0971. The average Bonchev–Trinajstić information content (AvgIpc) is 2.93. The van der Waals surface area contributed by atoms with Crippen LogP contribution in [0.3, 0.4) is 0 Å². The summed E-state index contributed by atoms with van der Waals surface area (Å²) in [4.78, 5) is 17.1. The molecule has 0 atom stereocenters. The van der Waals surface area contributed by atoms with Crippen LogP contribution in [0.1, 0.15) is 37.2 Å². The summed E-state index contributed by atoms with van der Waals surface area (Å²) in [7, 11) is 3.71. The molecular weight excluding hydrogens is 362 g/mol. The Morgan fingerprint density at radius 2 is 1.93 bits per heavy atom. The zero-order valence-electron chi connectivity index (χ0n) is 17.0. The van der Waals surface area contributed by atoms with Crippen LogP contribution in [0.15, 0.2) is 42.7 Å². The summed E-state index contributed by atoms with van der Waals surface area (Å²) in [5, 5.41) is 7.58. The summed E-state index contributed by atoms with van der Waals surface area (Å²) >= 11 is 0. The summed E-state index contributed by atoms with van der Waals surface area (Å²) < 4.78 is 7.41. The molecule has 29 heavy (non-hydrogen) atoms. The zero-order chi connectivity index (χ0) is 20.1. The van der Waals surface area contributed by atoms with E-state index in [4.69, 9.17) is 4.74 Å². The van der Waals surface area contributed by atoms with Gasteiger partial charge >= 0.3 is 0 Å². The van der Waals surface area contributed by atoms with Gasteiger partial charge in [0.2, 0.25) is 0 Å². The van der Waals surface area contributed by atoms with Gasteiger partial charge in [-0.25, -0.2) is 0 Å². The first-order valence-electron chi connectivity index (χ1n) is 9.39. The van der Waals surface area contributed by atoms with E-state index >= 15 is 0 Å². The van der Waals surface area contributed by atoms with Crippen molar-refractivity contribution in [1.82, 2.24) is 14.9 Å². The molecule has 0 aliphatic carbocycles. The topological polar surface area (TPSA) is 56.1 Å². The summed E-state index contributed by atoms with van der Waals surface area (Å²) in [5.41, 5.74) is 3.73. The zero-order valence-corrected chi connectivity index (χ0v) is 17.0. The lowest BCUT2D eigenvalue weighted by molar-refractivity contribution is 0.0820. The molecular formula is C24H29N3O2. The Labute approximate surface area is 171 Å². The molecule has 5 nitrogen and oxygen atoms in total. The monoisotopic (exact) mass is 391 g/mol. The number of hydrogen-bond acceptors (Lipinski definition) is 3. The second-order valence-corrected chi connectivity index (χ2v) is 8.06. The minimum atomic E-state index is -0.433. The van der Waals surface area contributed by atoms with Gasteiger partial charge < -0.3 is 14.6 Å². The molecule has 0 radical (unpaired) electrons. The number of aromatic nitrogens is 2. The Balaban J connectivity index is 0.00000240. The lowest BCUT2D eigenvalue weighted by Crippen LogP contribution is -2.46. The van der Waals surface area contributed by atoms with Crippen LogP contribution in [0, 0.1) is 6.92 Å². The van der Waals surface area contributed by atoms with Gasteiger partial charge in [-0.3, -0.25) is 9.78 Å². The molecule has 152 valence electrons. The van der Waals surface area contributed by atoms with E-state index in [1.54, 1.807) is 7.11 Å². The number of rotatable bonds is 4. The molecule has 2 aromatic carbocycles. The van der Waals surface area contributed by atoms with Crippen LogP contribution >= 0.6 is 0 Å². The number of hydrogen-bond donors (Lipinski definition) is 1. The highest BCUT2D eigenvalue weighted by molar-refractivity contribution is 6.15. The average molecular weight is 392 g/mol. The molecule has 0 spiro atoms. The third-order valence-corrected chi connectivity index (χ3v) is 5.37. The third kappa shape index (κ3) is 3.47. The maximum Gasteiger partial charge on any atom is 0.251 e. The molecule has 1 N–H and O–H groups in total. The number of aryl methyl sites for hydroxylation is 2. The number of benzene rings is 2. The van der Waals surface area contributed by atoms with Gasteiger partial charge in [-0.2, -0.15) is 0 Å². The molecule has 2 aromatic heterocycles. The second-order valence-electron chi connectivity index (χ2n) is 8.06. The minimum Gasteiger partial charge on any atom is -0.382 e. The van der Waals surface area contributed by atoms with Crippen molar-refractivity contribution < 1.29 is 9.53 Å². The predicted molar refractivity (Wildman–Crippen MR) is 121 cm³/mol. The van der Waals surface area contributed by atoms with E-state index in [0.29, 0.717) is 12.2 Å². The van der Waals surface area contributed by atoms with Gasteiger partial charge in [0.25, 0.3) is 5.91 Å². The molecule has 0 fully saturated rings. The minimum absolute atomic E-state index is 0. The first kappa shape index (κ1) is 20.8. The largest absolute Gasteiger partial charge is 0.382 e. The van der Waals surface area contributed by atoms with E-state index in [-0.39, 0.29) is 13.3 Å². The molecule has 4 rings (SSSR count). The number of fused-ring (bicyclic) bond motifs is 4. The van der Waals surface area contributed by atoms with E-state index in [9.17, 15) is 4.79 Å². The molecule has 0 unspecified atom stereocenters. The maximum absolute atomic E-state index is 12.8. The van der Waals surface area contributed by atoms with Gasteiger partial charge in [-0.05, 0) is 62.1 Å². The Kier molecular flexibility index (Phi) is 5.37. The van der Waals surface area contributed by atoms with Crippen LogP contribution in [0.2, 0.25) is 0 Å². The first-order chi connectivity index (χ1) is 13.3. The fraction of sp³-hybridized carbons (Fsp3) is 0.333. The molecule has 0 aliphatic heterocycles. The fourth-order valence-corrected chi connectivity index (χ4v) is 4.14. The predicted octanol–water partition coefficient (Wildman–Crippen LogP) is 4.98. The van der Waals surface area contributed by atoms with Crippen molar-refractivity contribution in [3.63, 3.8) is 0 Å². The summed E-state index contributed by atoms with van der Waals surface area (Å²) in [6.45, 7) is 6.50. The second kappa shape index (κ2) is 7.48. The van der Waals surface area contributed by atoms with Crippen molar-refractivity contribution >= 4 is 38.5 Å². The number of nitrogens with one attached hydrogen (secondary N) is 1. The Hall–Kier alpha value is -2.92. The van der Waals surface area contributed by atoms with Crippen molar-refractivity contribution in [3.8, 4) is 0 Å². The lowest BCUT2D eigenvalue weighted by Gasteiger charge is -2.25. The molecule has 0 saturated heterocycles. The van der Waals surface area contributed by atoms with Crippen LogP contribution in [-0.4, -0.2) is 34.7 Å². The molecule has 0 saturated carbocycles. The van der Waals surface area contributed by atoms with Crippen LogP contribution in [0.25, 0.3) is 32.6 Å². The van der Waals surface area contributed by atoms with Gasteiger partial charge in [0.05, 0.1) is 17.7 Å². The SMILES string of the molecule is C.COCC(C)(C)NC(=O)c1ccc2c(c1)c1cc3cnccc3c(C)c1n2C. The number of carbonyl (C=O) groups excluding carboxylic acids is 1. The van der Waals surface area contributed by atoms with E-state index in [2.05, 4.69) is 41.0 Å². The molecule has 0 aliphatic rings. The molecule has 0 bridgehead atoms. The fourth-order valence-electron chi connectivity index (χ4n) is 4.14. The van der Waals surface area contributed by atoms with Crippen LogP contribution in [0.4, 0.5) is 0 Å². The van der Waals surface area contributed by atoms with Crippen LogP contribution < -0.4 is 5.32 Å². The van der Waals surface area contributed by atoms with E-state index in [0.717, 1.165) is 21.7 Å². The number of carbonyl (C=O) groups is 1. The number of amides is 1. The Morgan fingerprint density at radius 3 is 2.66 bits per heavy atom. The standard InChI is InChI=1S/C23H25N3O2.CH4/c1-14-17-8-9-24-12-16(17)11-19-18-10-15(6-7-20(18)26(4)21(14)19)22(27)25-23(2,3)13-28-5;/h6-12H,13H2,1-5H3,(H,25,27);1H4. The first-order valence-corrected chi connectivity index (χ1v) is 9.39. The van der Waals surface area contributed by atoms with Crippen LogP contribution in [0.5, 0.6) is 0 Å². The summed E-state index contributed by atoms with van der Waals surface area (Å²) in [6, 6.07) is 10.1. The maximum atomic E-state index is 12.8. The van der Waals surface area contributed by atoms with Gasteiger partial charge in [0.15, 0.2) is 0 Å². The third-order valence-electron chi connectivity index (χ3n) is 5.37. The summed E-state index contributed by atoms with van der Waals surface area (Å²) in [6.07, 6.45) is 3.72. The Morgan fingerprint density at radius 1 is 1.17 bits per heavy atom. The quantitative estimate of drug-likeness (QED) is 0.534. The lowest BCUT2D eigenvalue weighted by atomic mass is 10.0. The van der Waals surface area contributed by atoms with Gasteiger partial charge in [-0.15, -0.1) is 0 Å². The molecule has 5 heteroatoms. The van der Waals surface area contributed by atoms with Crippen LogP contribution in [-0.2, 0) is 11.8 Å². The number of pyridine rings is 1. The molecule has 2 heterocycles. The number of methoxy groups -OCH3 is 1. The van der Waals surface area contributed by atoms with Gasteiger partial charge in [-0.1, -0.05) is 7.43 Å². The van der Waals surface area contributed by atoms with E-state index in [1.807, 2.05) is 44.4 Å². The smallest absolute Gasteiger partial charge is 0.251 e. The Bertz CT molecular complexity index is 1220. The van der Waals surface area contributed by atoms with Crippen molar-refractivity contribution in [1.29, 1.82) is 0 Å². The number of nitrogens with zero attached hydrogens (tertiary/aromatic N) is 2. The number of ether oxygens (including phenoxy) is 1. The van der Waals surface area contributed by atoms with Gasteiger partial charge in [0.1, 0.15) is 0 Å². The normalized spacial score (nSPS) is 11.8. The molecule has 1 amide bonds. The highest BCUT2D eigenvalue weighted by Crippen LogP contribution is 2.35. The highest BCUT2D eigenvalue weighted by Gasteiger charge is 2.22. The highest BCUT2D eigenvalue weighted by atomic mass is 16.5. The van der Waals surface area contributed by atoms with Crippen molar-refractivity contribution in [3.05, 3.63) is 53.9 Å². The van der Waals surface area contributed by atoms with E-state index < -0.39 is 5.54 Å². The van der Waals surface area contributed by atoms with Crippen molar-refractivity contribution in [2.75, 3.05) is 13.7 Å². The van der Waals surface area contributed by atoms with Crippen molar-refractivity contribution in [2.24, 2.45) is 7.05 Å².